The van der Waals surface area contributed by atoms with E-state index in [2.05, 4.69) is 41.6 Å². The first-order chi connectivity index (χ1) is 13.5. The molecule has 0 aliphatic carbocycles. The third-order valence-corrected chi connectivity index (χ3v) is 5.25. The zero-order valence-corrected chi connectivity index (χ0v) is 20.7. The molecule has 2 rings (SSSR count). The SMILES string of the molecule is CN=C(NCCCOCC1CCOCC1)NCC(C)(C)c1ccc(OC)cc1.I. The van der Waals surface area contributed by atoms with Crippen LogP contribution in [0.25, 0.3) is 0 Å². The summed E-state index contributed by atoms with van der Waals surface area (Å²) >= 11 is 0. The second-order valence-electron chi connectivity index (χ2n) is 7.95. The highest BCUT2D eigenvalue weighted by Gasteiger charge is 2.21. The van der Waals surface area contributed by atoms with E-state index in [0.717, 1.165) is 70.5 Å². The van der Waals surface area contributed by atoms with Crippen molar-refractivity contribution in [2.24, 2.45) is 10.9 Å². The van der Waals surface area contributed by atoms with Crippen molar-refractivity contribution in [3.8, 4) is 5.75 Å². The first kappa shape index (κ1) is 26.0. The molecule has 1 aliphatic heterocycles. The lowest BCUT2D eigenvalue weighted by atomic mass is 9.84. The van der Waals surface area contributed by atoms with E-state index in [9.17, 15) is 0 Å². The van der Waals surface area contributed by atoms with Crippen LogP contribution in [0.4, 0.5) is 0 Å². The fourth-order valence-electron chi connectivity index (χ4n) is 3.21. The van der Waals surface area contributed by atoms with Crippen LogP contribution in [0.1, 0.15) is 38.7 Å². The van der Waals surface area contributed by atoms with Crippen LogP contribution >= 0.6 is 24.0 Å². The number of nitrogens with zero attached hydrogens (tertiary/aromatic N) is 1. The van der Waals surface area contributed by atoms with Crippen LogP contribution in [0.15, 0.2) is 29.3 Å². The van der Waals surface area contributed by atoms with Crippen molar-refractivity contribution in [2.75, 3.05) is 53.7 Å². The molecular formula is C22H38IN3O3. The van der Waals surface area contributed by atoms with Crippen molar-refractivity contribution in [1.29, 1.82) is 0 Å². The van der Waals surface area contributed by atoms with Crippen molar-refractivity contribution < 1.29 is 14.2 Å². The van der Waals surface area contributed by atoms with Gasteiger partial charge in [0.2, 0.25) is 0 Å². The topological polar surface area (TPSA) is 64.1 Å². The Morgan fingerprint density at radius 3 is 2.48 bits per heavy atom. The van der Waals surface area contributed by atoms with E-state index in [1.165, 1.54) is 5.56 Å². The van der Waals surface area contributed by atoms with E-state index in [1.54, 1.807) is 14.2 Å². The van der Waals surface area contributed by atoms with Gasteiger partial charge in [0.15, 0.2) is 5.96 Å². The van der Waals surface area contributed by atoms with E-state index in [0.29, 0.717) is 5.92 Å². The molecule has 6 nitrogen and oxygen atoms in total. The van der Waals surface area contributed by atoms with Crippen molar-refractivity contribution >= 4 is 29.9 Å². The largest absolute Gasteiger partial charge is 0.497 e. The minimum Gasteiger partial charge on any atom is -0.497 e. The molecule has 0 radical (unpaired) electrons. The summed E-state index contributed by atoms with van der Waals surface area (Å²) in [4.78, 5) is 4.32. The van der Waals surface area contributed by atoms with Gasteiger partial charge in [-0.05, 0) is 42.9 Å². The molecule has 29 heavy (non-hydrogen) atoms. The minimum atomic E-state index is -0.0171. The van der Waals surface area contributed by atoms with Gasteiger partial charge >= 0.3 is 0 Å². The molecule has 1 fully saturated rings. The third-order valence-electron chi connectivity index (χ3n) is 5.25. The number of rotatable bonds is 10. The second kappa shape index (κ2) is 14.0. The van der Waals surface area contributed by atoms with Crippen molar-refractivity contribution in [3.05, 3.63) is 29.8 Å². The molecular weight excluding hydrogens is 481 g/mol. The fourth-order valence-corrected chi connectivity index (χ4v) is 3.21. The summed E-state index contributed by atoms with van der Waals surface area (Å²) in [6.07, 6.45) is 3.21. The van der Waals surface area contributed by atoms with E-state index in [4.69, 9.17) is 14.2 Å². The van der Waals surface area contributed by atoms with Crippen LogP contribution in [0.5, 0.6) is 5.75 Å². The minimum absolute atomic E-state index is 0. The van der Waals surface area contributed by atoms with E-state index in [-0.39, 0.29) is 29.4 Å². The molecule has 1 heterocycles. The first-order valence-corrected chi connectivity index (χ1v) is 10.3. The van der Waals surface area contributed by atoms with E-state index >= 15 is 0 Å². The summed E-state index contributed by atoms with van der Waals surface area (Å²) in [6, 6.07) is 8.24. The van der Waals surface area contributed by atoms with Gasteiger partial charge in [0.1, 0.15) is 5.75 Å². The number of aliphatic imine (C=N–C) groups is 1. The van der Waals surface area contributed by atoms with Gasteiger partial charge in [-0.1, -0.05) is 26.0 Å². The maximum Gasteiger partial charge on any atom is 0.191 e. The molecule has 7 heteroatoms. The van der Waals surface area contributed by atoms with E-state index in [1.807, 2.05) is 12.1 Å². The summed E-state index contributed by atoms with van der Waals surface area (Å²) in [7, 11) is 3.49. The van der Waals surface area contributed by atoms with Crippen molar-refractivity contribution in [1.82, 2.24) is 10.6 Å². The quantitative estimate of drug-likeness (QED) is 0.214. The standard InChI is InChI=1S/C22H37N3O3.HI/c1-22(2,19-6-8-20(26-4)9-7-19)17-25-21(23-3)24-12-5-13-28-16-18-10-14-27-15-11-18;/h6-9,18H,5,10-17H2,1-4H3,(H2,23,24,25);1H. The Morgan fingerprint density at radius 2 is 1.86 bits per heavy atom. The molecule has 0 saturated carbocycles. The second-order valence-corrected chi connectivity index (χ2v) is 7.95. The van der Waals surface area contributed by atoms with Crippen LogP contribution in [0, 0.1) is 5.92 Å². The van der Waals surface area contributed by atoms with Crippen molar-refractivity contribution in [2.45, 2.75) is 38.5 Å². The Balaban J connectivity index is 0.00000420. The summed E-state index contributed by atoms with van der Waals surface area (Å²) in [5.74, 6) is 2.37. The molecule has 0 amide bonds. The molecule has 0 bridgehead atoms. The predicted molar refractivity (Wildman–Crippen MR) is 130 cm³/mol. The number of guanidine groups is 1. The fraction of sp³-hybridized carbons (Fsp3) is 0.682. The highest BCUT2D eigenvalue weighted by Crippen LogP contribution is 2.24. The lowest BCUT2D eigenvalue weighted by Crippen LogP contribution is -2.43. The lowest BCUT2D eigenvalue weighted by Gasteiger charge is -2.27. The number of hydrogen-bond donors (Lipinski definition) is 2. The van der Waals surface area contributed by atoms with Gasteiger partial charge in [-0.15, -0.1) is 24.0 Å². The molecule has 0 spiro atoms. The molecule has 2 N–H and O–H groups in total. The number of nitrogens with one attached hydrogen (secondary N) is 2. The van der Waals surface area contributed by atoms with Gasteiger partial charge < -0.3 is 24.8 Å². The van der Waals surface area contributed by atoms with Gasteiger partial charge in [-0.3, -0.25) is 4.99 Å². The van der Waals surface area contributed by atoms with Crippen LogP contribution < -0.4 is 15.4 Å². The molecule has 1 aliphatic rings. The van der Waals surface area contributed by atoms with Crippen LogP contribution in [-0.4, -0.2) is 59.6 Å². The average molecular weight is 519 g/mol. The monoisotopic (exact) mass is 519 g/mol. The first-order valence-electron chi connectivity index (χ1n) is 10.3. The Kier molecular flexibility index (Phi) is 12.6. The predicted octanol–water partition coefficient (Wildman–Crippen LogP) is 3.59. The summed E-state index contributed by atoms with van der Waals surface area (Å²) in [6.45, 7) is 9.47. The normalized spacial score (nSPS) is 15.5. The third kappa shape index (κ3) is 9.53. The van der Waals surface area contributed by atoms with Crippen LogP contribution in [0.3, 0.4) is 0 Å². The highest BCUT2D eigenvalue weighted by atomic mass is 127. The van der Waals surface area contributed by atoms with E-state index < -0.39 is 0 Å². The smallest absolute Gasteiger partial charge is 0.191 e. The average Bonchev–Trinajstić information content (AvgIpc) is 2.73. The molecule has 1 saturated heterocycles. The number of benzene rings is 1. The summed E-state index contributed by atoms with van der Waals surface area (Å²) < 4.78 is 16.4. The lowest BCUT2D eigenvalue weighted by molar-refractivity contribution is 0.0203. The highest BCUT2D eigenvalue weighted by molar-refractivity contribution is 14.0. The summed E-state index contributed by atoms with van der Waals surface area (Å²) in [5.41, 5.74) is 1.24. The maximum absolute atomic E-state index is 5.81. The molecule has 0 aromatic heterocycles. The molecule has 0 unspecified atom stereocenters. The van der Waals surface area contributed by atoms with Gasteiger partial charge in [-0.25, -0.2) is 0 Å². The number of ether oxygens (including phenoxy) is 3. The van der Waals surface area contributed by atoms with Crippen molar-refractivity contribution in [3.63, 3.8) is 0 Å². The maximum atomic E-state index is 5.81. The van der Waals surface area contributed by atoms with Gasteiger partial charge in [0.05, 0.1) is 7.11 Å². The van der Waals surface area contributed by atoms with Crippen LogP contribution in [-0.2, 0) is 14.9 Å². The Hall–Kier alpha value is -1.06. The Bertz CT molecular complexity index is 587. The molecule has 1 aromatic carbocycles. The van der Waals surface area contributed by atoms with Crippen LogP contribution in [0.2, 0.25) is 0 Å². The summed E-state index contributed by atoms with van der Waals surface area (Å²) in [5, 5.41) is 6.80. The Morgan fingerprint density at radius 1 is 1.17 bits per heavy atom. The van der Waals surface area contributed by atoms with Gasteiger partial charge in [-0.2, -0.15) is 0 Å². The zero-order chi connectivity index (χ0) is 20.2. The van der Waals surface area contributed by atoms with Gasteiger partial charge in [0, 0.05) is 52.0 Å². The van der Waals surface area contributed by atoms with Gasteiger partial charge in [0.25, 0.3) is 0 Å². The zero-order valence-electron chi connectivity index (χ0n) is 18.3. The molecule has 1 aromatic rings. The number of halogens is 1. The number of methoxy groups -OCH3 is 1. The number of hydrogen-bond acceptors (Lipinski definition) is 4. The molecule has 0 atom stereocenters. The Labute approximate surface area is 193 Å². The molecule has 166 valence electrons.